The molecular formula is C49H30N4. The number of para-hydroxylation sites is 7. The molecule has 0 atom stereocenters. The van der Waals surface area contributed by atoms with Gasteiger partial charge in [-0.3, -0.25) is 0 Å². The maximum Gasteiger partial charge on any atom is 0.104 e. The third-order valence-corrected chi connectivity index (χ3v) is 10.9. The normalized spacial score (nSPS) is 11.8. The molecule has 53 heavy (non-hydrogen) atoms. The Kier molecular flexibility index (Phi) is 6.28. The van der Waals surface area contributed by atoms with E-state index >= 15 is 0 Å². The van der Waals surface area contributed by atoms with Gasteiger partial charge in [-0.25, -0.2) is 0 Å². The molecule has 0 fully saturated rings. The third-order valence-electron chi connectivity index (χ3n) is 10.9. The van der Waals surface area contributed by atoms with E-state index in [2.05, 4.69) is 202 Å². The minimum atomic E-state index is 0.612. The van der Waals surface area contributed by atoms with Gasteiger partial charge in [-0.05, 0) is 60.2 Å². The summed E-state index contributed by atoms with van der Waals surface area (Å²) in [6.45, 7) is 0. The van der Waals surface area contributed by atoms with Crippen LogP contribution in [-0.2, 0) is 0 Å². The Labute approximate surface area is 305 Å². The standard InChI is InChI=1S/C49H30N4/c50-31-40-48(52-44-25-11-4-18-36(44)37-19-5-12-26-45(37)52)29-32(30-49(40)53-46-27-13-6-20-38(46)39-21-7-14-28-47(39)53)33-15-1-8-22-41(33)51-42-23-9-2-16-34(42)35-17-3-10-24-43(35)51/h1-30H. The average molecular weight is 675 g/mol. The fourth-order valence-corrected chi connectivity index (χ4v) is 8.69. The quantitative estimate of drug-likeness (QED) is 0.183. The lowest BCUT2D eigenvalue weighted by molar-refractivity contribution is 1.12. The predicted octanol–water partition coefficient (Wildman–Crippen LogP) is 12.5. The van der Waals surface area contributed by atoms with E-state index in [1.165, 1.54) is 10.8 Å². The Hall–Kier alpha value is -7.35. The Bertz CT molecular complexity index is 3010. The molecule has 0 bridgehead atoms. The van der Waals surface area contributed by atoms with Crippen molar-refractivity contribution in [3.8, 4) is 34.3 Å². The lowest BCUT2D eigenvalue weighted by Crippen LogP contribution is -2.06. The van der Waals surface area contributed by atoms with Crippen LogP contribution in [-0.4, -0.2) is 13.7 Å². The van der Waals surface area contributed by atoms with E-state index in [1.54, 1.807) is 0 Å². The topological polar surface area (TPSA) is 38.6 Å². The first-order valence-corrected chi connectivity index (χ1v) is 17.9. The summed E-state index contributed by atoms with van der Waals surface area (Å²) in [5.74, 6) is 0. The molecule has 11 rings (SSSR count). The number of rotatable bonds is 4. The van der Waals surface area contributed by atoms with Crippen LogP contribution in [0.2, 0.25) is 0 Å². The second-order valence-electron chi connectivity index (χ2n) is 13.6. The van der Waals surface area contributed by atoms with E-state index in [4.69, 9.17) is 0 Å². The summed E-state index contributed by atoms with van der Waals surface area (Å²) in [5, 5.41) is 18.4. The molecule has 4 heteroatoms. The van der Waals surface area contributed by atoms with Gasteiger partial charge in [-0.15, -0.1) is 0 Å². The van der Waals surface area contributed by atoms with E-state index in [0.717, 1.165) is 82.8 Å². The Morgan fingerprint density at radius 2 is 0.604 bits per heavy atom. The average Bonchev–Trinajstić information content (AvgIpc) is 3.86. The van der Waals surface area contributed by atoms with Gasteiger partial charge in [0.1, 0.15) is 11.6 Å². The summed E-state index contributed by atoms with van der Waals surface area (Å²) in [6, 6.07) is 67.2. The highest BCUT2D eigenvalue weighted by atomic mass is 15.0. The summed E-state index contributed by atoms with van der Waals surface area (Å²) in [4.78, 5) is 0. The molecule has 0 saturated carbocycles. The SMILES string of the molecule is N#Cc1c(-n2c3ccccc3c3ccccc32)cc(-c2ccccc2-n2c3ccccc3c3ccccc32)cc1-n1c2ccccc2c2ccccc21. The summed E-state index contributed by atoms with van der Waals surface area (Å²) < 4.78 is 6.96. The maximum absolute atomic E-state index is 11.3. The van der Waals surface area contributed by atoms with E-state index in [9.17, 15) is 5.26 Å². The van der Waals surface area contributed by atoms with Crippen LogP contribution in [0.1, 0.15) is 5.56 Å². The lowest BCUT2D eigenvalue weighted by atomic mass is 9.98. The van der Waals surface area contributed by atoms with Crippen molar-refractivity contribution in [2.75, 3.05) is 0 Å². The molecule has 0 N–H and O–H groups in total. The zero-order valence-electron chi connectivity index (χ0n) is 28.6. The number of fused-ring (bicyclic) bond motifs is 9. The van der Waals surface area contributed by atoms with Gasteiger partial charge >= 0.3 is 0 Å². The molecule has 4 nitrogen and oxygen atoms in total. The Morgan fingerprint density at radius 1 is 0.321 bits per heavy atom. The molecule has 246 valence electrons. The minimum absolute atomic E-state index is 0.612. The number of benzene rings is 8. The number of hydrogen-bond donors (Lipinski definition) is 0. The van der Waals surface area contributed by atoms with Crippen LogP contribution in [0.4, 0.5) is 0 Å². The van der Waals surface area contributed by atoms with Crippen LogP contribution in [0.15, 0.2) is 182 Å². The van der Waals surface area contributed by atoms with Gasteiger partial charge < -0.3 is 13.7 Å². The van der Waals surface area contributed by atoms with Crippen molar-refractivity contribution in [3.63, 3.8) is 0 Å². The third kappa shape index (κ3) is 4.16. The summed E-state index contributed by atoms with van der Waals surface area (Å²) in [6.07, 6.45) is 0. The highest BCUT2D eigenvalue weighted by Crippen LogP contribution is 2.42. The number of hydrogen-bond acceptors (Lipinski definition) is 1. The van der Waals surface area contributed by atoms with Crippen molar-refractivity contribution in [1.29, 1.82) is 5.26 Å². The molecule has 3 aromatic heterocycles. The molecule has 0 unspecified atom stereocenters. The van der Waals surface area contributed by atoms with E-state index in [0.29, 0.717) is 5.56 Å². The summed E-state index contributed by atoms with van der Waals surface area (Å²) >= 11 is 0. The van der Waals surface area contributed by atoms with Gasteiger partial charge in [0.05, 0.1) is 50.2 Å². The van der Waals surface area contributed by atoms with Crippen molar-refractivity contribution >= 4 is 65.4 Å². The van der Waals surface area contributed by atoms with E-state index in [-0.39, 0.29) is 0 Å². The van der Waals surface area contributed by atoms with E-state index in [1.807, 2.05) is 0 Å². The van der Waals surface area contributed by atoms with Gasteiger partial charge in [-0.1, -0.05) is 127 Å². The Morgan fingerprint density at radius 3 is 0.943 bits per heavy atom. The van der Waals surface area contributed by atoms with Crippen LogP contribution in [0.5, 0.6) is 0 Å². The van der Waals surface area contributed by atoms with Crippen molar-refractivity contribution in [3.05, 3.63) is 188 Å². The van der Waals surface area contributed by atoms with Crippen molar-refractivity contribution in [2.45, 2.75) is 0 Å². The fourth-order valence-electron chi connectivity index (χ4n) is 8.69. The van der Waals surface area contributed by atoms with Gasteiger partial charge in [0.2, 0.25) is 0 Å². The smallest absolute Gasteiger partial charge is 0.104 e. The van der Waals surface area contributed by atoms with Crippen LogP contribution in [0.25, 0.3) is 93.6 Å². The minimum Gasteiger partial charge on any atom is -0.309 e. The fraction of sp³-hybridized carbons (Fsp3) is 0. The monoisotopic (exact) mass is 674 g/mol. The molecular weight excluding hydrogens is 645 g/mol. The number of nitrogens with zero attached hydrogens (tertiary/aromatic N) is 4. The van der Waals surface area contributed by atoms with Crippen molar-refractivity contribution in [1.82, 2.24) is 13.7 Å². The highest BCUT2D eigenvalue weighted by molar-refractivity contribution is 6.12. The first kappa shape index (κ1) is 29.4. The highest BCUT2D eigenvalue weighted by Gasteiger charge is 2.23. The lowest BCUT2D eigenvalue weighted by Gasteiger charge is -2.20. The van der Waals surface area contributed by atoms with Gasteiger partial charge in [0.15, 0.2) is 0 Å². The molecule has 0 radical (unpaired) electrons. The molecule has 0 aliphatic rings. The number of aromatic nitrogens is 3. The second-order valence-corrected chi connectivity index (χ2v) is 13.6. The van der Waals surface area contributed by atoms with E-state index < -0.39 is 0 Å². The molecule has 0 aliphatic carbocycles. The zero-order valence-corrected chi connectivity index (χ0v) is 28.6. The first-order chi connectivity index (χ1) is 26.3. The van der Waals surface area contributed by atoms with Gasteiger partial charge in [0.25, 0.3) is 0 Å². The Balaban J connectivity index is 1.31. The van der Waals surface area contributed by atoms with Crippen LogP contribution in [0.3, 0.4) is 0 Å². The van der Waals surface area contributed by atoms with Crippen LogP contribution >= 0.6 is 0 Å². The van der Waals surface area contributed by atoms with Crippen LogP contribution in [0, 0.1) is 11.3 Å². The number of nitriles is 1. The molecule has 0 amide bonds. The predicted molar refractivity (Wildman–Crippen MR) is 220 cm³/mol. The maximum atomic E-state index is 11.3. The largest absolute Gasteiger partial charge is 0.309 e. The molecule has 0 saturated heterocycles. The molecule has 0 spiro atoms. The first-order valence-electron chi connectivity index (χ1n) is 17.9. The molecule has 8 aromatic carbocycles. The molecule has 0 aliphatic heterocycles. The molecule has 3 heterocycles. The van der Waals surface area contributed by atoms with Crippen LogP contribution < -0.4 is 0 Å². The summed E-state index contributed by atoms with van der Waals surface area (Å²) in [7, 11) is 0. The second kappa shape index (κ2) is 11.3. The molecule has 11 aromatic rings. The zero-order chi connectivity index (χ0) is 35.0. The van der Waals surface area contributed by atoms with Gasteiger partial charge in [0, 0.05) is 37.9 Å². The summed E-state index contributed by atoms with van der Waals surface area (Å²) in [5.41, 5.74) is 12.0. The van der Waals surface area contributed by atoms with Crippen molar-refractivity contribution < 1.29 is 0 Å². The van der Waals surface area contributed by atoms with Gasteiger partial charge in [-0.2, -0.15) is 5.26 Å². The van der Waals surface area contributed by atoms with Crippen molar-refractivity contribution in [2.24, 2.45) is 0 Å².